The van der Waals surface area contributed by atoms with Gasteiger partial charge in [0, 0.05) is 25.2 Å². The zero-order chi connectivity index (χ0) is 13.5. The quantitative estimate of drug-likeness (QED) is 0.837. The molecule has 0 aliphatic carbocycles. The van der Waals surface area contributed by atoms with Gasteiger partial charge in [-0.05, 0) is 45.5 Å². The highest BCUT2D eigenvalue weighted by Gasteiger charge is 2.07. The summed E-state index contributed by atoms with van der Waals surface area (Å²) in [6.07, 6.45) is 0. The number of likely N-dealkylation sites (N-methyl/N-ethyl adjacent to an activating group) is 1. The van der Waals surface area contributed by atoms with Crippen LogP contribution < -0.4 is 5.32 Å². The summed E-state index contributed by atoms with van der Waals surface area (Å²) in [7, 11) is 2.13. The molecule has 1 atom stereocenters. The van der Waals surface area contributed by atoms with Crippen molar-refractivity contribution in [2.75, 3.05) is 20.1 Å². The van der Waals surface area contributed by atoms with E-state index >= 15 is 0 Å². The normalized spacial score (nSPS) is 12.7. The second kappa shape index (κ2) is 7.15. The number of nitriles is 1. The molecule has 3 nitrogen and oxygen atoms in total. The molecular weight excluding hydrogens is 222 g/mol. The maximum absolute atomic E-state index is 8.88. The fraction of sp³-hybridized carbons (Fsp3) is 0.533. The topological polar surface area (TPSA) is 39.1 Å². The first-order valence-corrected chi connectivity index (χ1v) is 6.48. The zero-order valence-corrected chi connectivity index (χ0v) is 11.8. The molecule has 1 rings (SSSR count). The van der Waals surface area contributed by atoms with Crippen molar-refractivity contribution in [3.8, 4) is 6.07 Å². The summed E-state index contributed by atoms with van der Waals surface area (Å²) in [5, 5.41) is 12.4. The molecular formula is C15H23N3. The van der Waals surface area contributed by atoms with Crippen molar-refractivity contribution in [1.82, 2.24) is 10.2 Å². The Labute approximate surface area is 110 Å². The van der Waals surface area contributed by atoms with Crippen LogP contribution in [0.25, 0.3) is 0 Å². The highest BCUT2D eigenvalue weighted by molar-refractivity contribution is 5.33. The zero-order valence-electron chi connectivity index (χ0n) is 11.8. The van der Waals surface area contributed by atoms with Crippen molar-refractivity contribution in [2.45, 2.75) is 32.9 Å². The van der Waals surface area contributed by atoms with Crippen LogP contribution in [0.5, 0.6) is 0 Å². The van der Waals surface area contributed by atoms with Gasteiger partial charge < -0.3 is 10.2 Å². The van der Waals surface area contributed by atoms with Gasteiger partial charge in [0.15, 0.2) is 0 Å². The van der Waals surface area contributed by atoms with E-state index in [2.05, 4.69) is 50.2 Å². The van der Waals surface area contributed by atoms with E-state index in [1.807, 2.05) is 18.2 Å². The van der Waals surface area contributed by atoms with Gasteiger partial charge in [-0.1, -0.05) is 12.1 Å². The highest BCUT2D eigenvalue weighted by atomic mass is 15.1. The van der Waals surface area contributed by atoms with Crippen LogP contribution in [0, 0.1) is 11.3 Å². The Hall–Kier alpha value is -1.37. The molecule has 1 aromatic carbocycles. The average molecular weight is 245 g/mol. The van der Waals surface area contributed by atoms with Gasteiger partial charge in [0.05, 0.1) is 11.6 Å². The smallest absolute Gasteiger partial charge is 0.0991 e. The lowest BCUT2D eigenvalue weighted by molar-refractivity contribution is 0.270. The third kappa shape index (κ3) is 4.48. The van der Waals surface area contributed by atoms with Crippen LogP contribution in [-0.2, 0) is 0 Å². The van der Waals surface area contributed by atoms with Crippen molar-refractivity contribution < 1.29 is 0 Å². The third-order valence-corrected chi connectivity index (χ3v) is 3.31. The van der Waals surface area contributed by atoms with E-state index in [0.717, 1.165) is 18.7 Å². The Morgan fingerprint density at radius 3 is 2.67 bits per heavy atom. The average Bonchev–Trinajstić information content (AvgIpc) is 2.38. The van der Waals surface area contributed by atoms with Gasteiger partial charge in [-0.15, -0.1) is 0 Å². The van der Waals surface area contributed by atoms with Crippen LogP contribution in [0.1, 0.15) is 37.9 Å². The molecule has 0 heterocycles. The molecule has 0 amide bonds. The van der Waals surface area contributed by atoms with Crippen LogP contribution in [0.3, 0.4) is 0 Å². The van der Waals surface area contributed by atoms with Crippen LogP contribution in [-0.4, -0.2) is 31.1 Å². The molecule has 0 aromatic heterocycles. The highest BCUT2D eigenvalue weighted by Crippen LogP contribution is 2.13. The molecule has 0 saturated heterocycles. The molecule has 0 aliphatic rings. The van der Waals surface area contributed by atoms with Gasteiger partial charge in [0.2, 0.25) is 0 Å². The molecule has 18 heavy (non-hydrogen) atoms. The van der Waals surface area contributed by atoms with E-state index in [0.29, 0.717) is 6.04 Å². The molecule has 3 heteroatoms. The fourth-order valence-corrected chi connectivity index (χ4v) is 1.71. The van der Waals surface area contributed by atoms with E-state index < -0.39 is 0 Å². The summed E-state index contributed by atoms with van der Waals surface area (Å²) >= 11 is 0. The van der Waals surface area contributed by atoms with Gasteiger partial charge in [-0.25, -0.2) is 0 Å². The summed E-state index contributed by atoms with van der Waals surface area (Å²) < 4.78 is 0. The minimum Gasteiger partial charge on any atom is -0.309 e. The van der Waals surface area contributed by atoms with E-state index in [1.54, 1.807) is 0 Å². The van der Waals surface area contributed by atoms with Gasteiger partial charge in [-0.3, -0.25) is 0 Å². The first kappa shape index (κ1) is 14.7. The number of rotatable bonds is 6. The molecule has 1 N–H and O–H groups in total. The van der Waals surface area contributed by atoms with E-state index in [9.17, 15) is 0 Å². The number of nitrogens with zero attached hydrogens (tertiary/aromatic N) is 2. The van der Waals surface area contributed by atoms with Gasteiger partial charge in [0.1, 0.15) is 0 Å². The maximum atomic E-state index is 8.88. The van der Waals surface area contributed by atoms with Gasteiger partial charge in [0.25, 0.3) is 0 Å². The minimum atomic E-state index is 0.277. The molecule has 0 spiro atoms. The van der Waals surface area contributed by atoms with E-state index in [4.69, 9.17) is 5.26 Å². The molecule has 0 bridgehead atoms. The number of hydrogen-bond donors (Lipinski definition) is 1. The lowest BCUT2D eigenvalue weighted by atomic mass is 10.1. The van der Waals surface area contributed by atoms with E-state index in [-0.39, 0.29) is 6.04 Å². The Kier molecular flexibility index (Phi) is 5.84. The van der Waals surface area contributed by atoms with Gasteiger partial charge in [-0.2, -0.15) is 5.26 Å². The first-order chi connectivity index (χ1) is 8.54. The second-order valence-electron chi connectivity index (χ2n) is 4.99. The molecule has 0 aliphatic heterocycles. The van der Waals surface area contributed by atoms with Crippen LogP contribution in [0.15, 0.2) is 24.3 Å². The summed E-state index contributed by atoms with van der Waals surface area (Å²) in [6.45, 7) is 8.50. The second-order valence-corrected chi connectivity index (χ2v) is 4.99. The SMILES string of the molecule is CC(NCCN(C)C(C)C)c1cccc(C#N)c1. The maximum Gasteiger partial charge on any atom is 0.0991 e. The molecule has 1 unspecified atom stereocenters. The van der Waals surface area contributed by atoms with Crippen molar-refractivity contribution in [2.24, 2.45) is 0 Å². The number of hydrogen-bond acceptors (Lipinski definition) is 3. The molecule has 98 valence electrons. The van der Waals surface area contributed by atoms with E-state index in [1.165, 1.54) is 5.56 Å². The fourth-order valence-electron chi connectivity index (χ4n) is 1.71. The molecule has 1 aromatic rings. The predicted octanol–water partition coefficient (Wildman–Crippen LogP) is 2.55. The lowest BCUT2D eigenvalue weighted by Crippen LogP contribution is -2.34. The Morgan fingerprint density at radius 1 is 1.33 bits per heavy atom. The summed E-state index contributed by atoms with van der Waals surface area (Å²) in [6, 6.07) is 10.8. The summed E-state index contributed by atoms with van der Waals surface area (Å²) in [4.78, 5) is 2.31. The van der Waals surface area contributed by atoms with Crippen LogP contribution in [0.4, 0.5) is 0 Å². The Bertz CT molecular complexity index is 406. The largest absolute Gasteiger partial charge is 0.309 e. The Morgan fingerprint density at radius 2 is 2.06 bits per heavy atom. The van der Waals surface area contributed by atoms with Crippen LogP contribution >= 0.6 is 0 Å². The Balaban J connectivity index is 2.45. The van der Waals surface area contributed by atoms with Crippen molar-refractivity contribution >= 4 is 0 Å². The summed E-state index contributed by atoms with van der Waals surface area (Å²) in [5.74, 6) is 0. The number of benzene rings is 1. The summed E-state index contributed by atoms with van der Waals surface area (Å²) in [5.41, 5.74) is 1.89. The molecule has 0 fully saturated rings. The predicted molar refractivity (Wildman–Crippen MR) is 75.3 cm³/mol. The molecule has 0 saturated carbocycles. The monoisotopic (exact) mass is 245 g/mol. The van der Waals surface area contributed by atoms with Crippen molar-refractivity contribution in [3.05, 3.63) is 35.4 Å². The van der Waals surface area contributed by atoms with Crippen molar-refractivity contribution in [1.29, 1.82) is 5.26 Å². The van der Waals surface area contributed by atoms with Crippen LogP contribution in [0.2, 0.25) is 0 Å². The first-order valence-electron chi connectivity index (χ1n) is 6.48. The number of nitrogens with one attached hydrogen (secondary N) is 1. The lowest BCUT2D eigenvalue weighted by Gasteiger charge is -2.22. The molecule has 0 radical (unpaired) electrons. The third-order valence-electron chi connectivity index (χ3n) is 3.31. The standard InChI is InChI=1S/C15H23N3/c1-12(2)18(4)9-8-17-13(3)15-7-5-6-14(10-15)11-16/h5-7,10,12-13,17H,8-9H2,1-4H3. The van der Waals surface area contributed by atoms with Crippen molar-refractivity contribution in [3.63, 3.8) is 0 Å². The minimum absolute atomic E-state index is 0.277. The van der Waals surface area contributed by atoms with Gasteiger partial charge >= 0.3 is 0 Å².